The van der Waals surface area contributed by atoms with Crippen molar-refractivity contribution in [3.63, 3.8) is 0 Å². The predicted molar refractivity (Wildman–Crippen MR) is 58.8 cm³/mol. The van der Waals surface area contributed by atoms with Gasteiger partial charge in [-0.25, -0.2) is 9.78 Å². The summed E-state index contributed by atoms with van der Waals surface area (Å²) in [4.78, 5) is 15.0. The normalized spacial score (nSPS) is 9.69. The van der Waals surface area contributed by atoms with Crippen LogP contribution in [-0.2, 0) is 6.54 Å². The van der Waals surface area contributed by atoms with Gasteiger partial charge in [0.05, 0.1) is 18.2 Å². The summed E-state index contributed by atoms with van der Waals surface area (Å²) in [6, 6.07) is 10.9. The summed E-state index contributed by atoms with van der Waals surface area (Å²) in [6.45, 7) is 0.471. The summed E-state index contributed by atoms with van der Waals surface area (Å²) in [5.41, 5.74) is 1.31. The molecule has 0 N–H and O–H groups in total. The van der Waals surface area contributed by atoms with Crippen molar-refractivity contribution in [3.05, 3.63) is 64.3 Å². The highest BCUT2D eigenvalue weighted by atomic mass is 16.1. The van der Waals surface area contributed by atoms with E-state index in [4.69, 9.17) is 5.26 Å². The molecule has 0 unspecified atom stereocenters. The quantitative estimate of drug-likeness (QED) is 0.749. The molecule has 1 heterocycles. The molecule has 4 heteroatoms. The zero-order valence-electron chi connectivity index (χ0n) is 8.50. The molecule has 0 radical (unpaired) electrons. The van der Waals surface area contributed by atoms with Gasteiger partial charge >= 0.3 is 5.69 Å². The summed E-state index contributed by atoms with van der Waals surface area (Å²) >= 11 is 0. The average Bonchev–Trinajstić information content (AvgIpc) is 2.33. The van der Waals surface area contributed by atoms with E-state index in [-0.39, 0.29) is 5.69 Å². The average molecular weight is 211 g/mol. The van der Waals surface area contributed by atoms with Crippen molar-refractivity contribution in [2.75, 3.05) is 0 Å². The Balaban J connectivity index is 2.25. The van der Waals surface area contributed by atoms with Gasteiger partial charge in [-0.05, 0) is 23.8 Å². The Morgan fingerprint density at radius 3 is 2.69 bits per heavy atom. The Morgan fingerprint density at radius 2 is 2.06 bits per heavy atom. The van der Waals surface area contributed by atoms with Gasteiger partial charge in [0.1, 0.15) is 0 Å². The third-order valence-electron chi connectivity index (χ3n) is 2.22. The van der Waals surface area contributed by atoms with Crippen LogP contribution in [0, 0.1) is 11.3 Å². The van der Waals surface area contributed by atoms with Crippen molar-refractivity contribution >= 4 is 0 Å². The van der Waals surface area contributed by atoms with Gasteiger partial charge in [0.25, 0.3) is 0 Å². The van der Waals surface area contributed by atoms with Crippen LogP contribution in [0.1, 0.15) is 11.1 Å². The zero-order chi connectivity index (χ0) is 11.4. The van der Waals surface area contributed by atoms with E-state index < -0.39 is 0 Å². The molecule has 2 rings (SSSR count). The van der Waals surface area contributed by atoms with Crippen LogP contribution < -0.4 is 5.69 Å². The van der Waals surface area contributed by atoms with Crippen LogP contribution in [0.15, 0.2) is 47.5 Å². The summed E-state index contributed by atoms with van der Waals surface area (Å²) in [7, 11) is 0. The first-order chi connectivity index (χ1) is 7.79. The lowest BCUT2D eigenvalue weighted by Crippen LogP contribution is -2.21. The van der Waals surface area contributed by atoms with E-state index in [1.165, 1.54) is 10.8 Å². The van der Waals surface area contributed by atoms with Crippen LogP contribution in [0.25, 0.3) is 0 Å². The minimum atomic E-state index is -0.271. The van der Waals surface area contributed by atoms with Crippen molar-refractivity contribution < 1.29 is 0 Å². The number of hydrogen-bond acceptors (Lipinski definition) is 3. The van der Waals surface area contributed by atoms with E-state index in [9.17, 15) is 4.79 Å². The molecule has 0 aliphatic heterocycles. The summed E-state index contributed by atoms with van der Waals surface area (Å²) in [6.07, 6.45) is 3.16. The monoisotopic (exact) mass is 211 g/mol. The largest absolute Gasteiger partial charge is 0.347 e. The number of hydrogen-bond donors (Lipinski definition) is 0. The number of aromatic nitrogens is 2. The molecule has 0 aliphatic rings. The highest BCUT2D eigenvalue weighted by Gasteiger charge is 1.97. The number of benzene rings is 1. The van der Waals surface area contributed by atoms with Crippen molar-refractivity contribution in [1.82, 2.24) is 9.55 Å². The van der Waals surface area contributed by atoms with Gasteiger partial charge in [-0.1, -0.05) is 12.1 Å². The van der Waals surface area contributed by atoms with Crippen molar-refractivity contribution in [2.24, 2.45) is 0 Å². The molecular weight excluding hydrogens is 202 g/mol. The molecule has 0 saturated heterocycles. The van der Waals surface area contributed by atoms with E-state index in [1.54, 1.807) is 24.4 Å². The maximum atomic E-state index is 11.3. The lowest BCUT2D eigenvalue weighted by molar-refractivity contribution is 0.727. The molecule has 0 fully saturated rings. The van der Waals surface area contributed by atoms with Crippen LogP contribution in [0.3, 0.4) is 0 Å². The van der Waals surface area contributed by atoms with Gasteiger partial charge in [-0.15, -0.1) is 0 Å². The Morgan fingerprint density at radius 1 is 1.31 bits per heavy atom. The highest BCUT2D eigenvalue weighted by Crippen LogP contribution is 2.04. The SMILES string of the molecule is N#Cc1ccc(Cn2cccnc2=O)cc1. The Kier molecular flexibility index (Phi) is 2.79. The number of rotatable bonds is 2. The fourth-order valence-corrected chi connectivity index (χ4v) is 1.39. The molecule has 0 aliphatic carbocycles. The van der Waals surface area contributed by atoms with E-state index in [0.29, 0.717) is 12.1 Å². The van der Waals surface area contributed by atoms with E-state index in [1.807, 2.05) is 18.2 Å². The molecule has 16 heavy (non-hydrogen) atoms. The smallest absolute Gasteiger partial charge is 0.295 e. The fraction of sp³-hybridized carbons (Fsp3) is 0.0833. The third-order valence-corrected chi connectivity index (χ3v) is 2.22. The Labute approximate surface area is 92.4 Å². The lowest BCUT2D eigenvalue weighted by Gasteiger charge is -2.03. The molecular formula is C12H9N3O. The van der Waals surface area contributed by atoms with Gasteiger partial charge in [0.2, 0.25) is 0 Å². The van der Waals surface area contributed by atoms with Gasteiger partial charge in [0.15, 0.2) is 0 Å². The first kappa shape index (κ1) is 10.1. The second kappa shape index (κ2) is 4.41. The fourth-order valence-electron chi connectivity index (χ4n) is 1.39. The second-order valence-electron chi connectivity index (χ2n) is 3.34. The molecule has 0 saturated carbocycles. The van der Waals surface area contributed by atoms with Crippen LogP contribution >= 0.6 is 0 Å². The molecule has 4 nitrogen and oxygen atoms in total. The standard InChI is InChI=1S/C12H9N3O/c13-8-10-2-4-11(5-3-10)9-15-7-1-6-14-12(15)16/h1-7H,9H2. The van der Waals surface area contributed by atoms with E-state index in [0.717, 1.165) is 5.56 Å². The van der Waals surface area contributed by atoms with Crippen molar-refractivity contribution in [1.29, 1.82) is 5.26 Å². The number of nitrogens with zero attached hydrogens (tertiary/aromatic N) is 3. The Bertz CT molecular complexity index is 578. The van der Waals surface area contributed by atoms with Crippen LogP contribution in [-0.4, -0.2) is 9.55 Å². The number of nitriles is 1. The first-order valence-electron chi connectivity index (χ1n) is 4.80. The maximum Gasteiger partial charge on any atom is 0.347 e. The molecule has 0 atom stereocenters. The van der Waals surface area contributed by atoms with Gasteiger partial charge in [-0.2, -0.15) is 5.26 Å². The molecule has 1 aromatic carbocycles. The van der Waals surface area contributed by atoms with Crippen molar-refractivity contribution in [2.45, 2.75) is 6.54 Å². The predicted octanol–water partition coefficient (Wildman–Crippen LogP) is 1.16. The first-order valence-corrected chi connectivity index (χ1v) is 4.80. The van der Waals surface area contributed by atoms with Crippen LogP contribution in [0.2, 0.25) is 0 Å². The van der Waals surface area contributed by atoms with Gasteiger partial charge < -0.3 is 0 Å². The lowest BCUT2D eigenvalue weighted by atomic mass is 10.1. The molecule has 0 spiro atoms. The minimum Gasteiger partial charge on any atom is -0.295 e. The second-order valence-corrected chi connectivity index (χ2v) is 3.34. The highest BCUT2D eigenvalue weighted by molar-refractivity contribution is 5.31. The Hall–Kier alpha value is -2.41. The third kappa shape index (κ3) is 2.15. The summed E-state index contributed by atoms with van der Waals surface area (Å²) < 4.78 is 1.52. The zero-order valence-corrected chi connectivity index (χ0v) is 8.50. The maximum absolute atomic E-state index is 11.3. The summed E-state index contributed by atoms with van der Waals surface area (Å²) in [5.74, 6) is 0. The molecule has 0 amide bonds. The molecule has 0 bridgehead atoms. The summed E-state index contributed by atoms with van der Waals surface area (Å²) in [5, 5.41) is 8.65. The van der Waals surface area contributed by atoms with Gasteiger partial charge in [0, 0.05) is 12.4 Å². The van der Waals surface area contributed by atoms with Gasteiger partial charge in [-0.3, -0.25) is 4.57 Å². The van der Waals surface area contributed by atoms with Crippen LogP contribution in [0.5, 0.6) is 0 Å². The topological polar surface area (TPSA) is 58.7 Å². The van der Waals surface area contributed by atoms with Crippen LogP contribution in [0.4, 0.5) is 0 Å². The molecule has 2 aromatic rings. The van der Waals surface area contributed by atoms with E-state index in [2.05, 4.69) is 4.98 Å². The van der Waals surface area contributed by atoms with E-state index >= 15 is 0 Å². The minimum absolute atomic E-state index is 0.271. The molecule has 78 valence electrons. The molecule has 1 aromatic heterocycles. The van der Waals surface area contributed by atoms with Crippen molar-refractivity contribution in [3.8, 4) is 6.07 Å².